The van der Waals surface area contributed by atoms with Crippen LogP contribution in [0.5, 0.6) is 0 Å². The number of aliphatic hydroxyl groups is 1. The topological polar surface area (TPSA) is 35.5 Å². The van der Waals surface area contributed by atoms with Crippen LogP contribution in [-0.2, 0) is 0 Å². The summed E-state index contributed by atoms with van der Waals surface area (Å²) in [6.45, 7) is 4.47. The summed E-state index contributed by atoms with van der Waals surface area (Å²) in [6.07, 6.45) is 0.819. The molecule has 1 fully saturated rings. The van der Waals surface area contributed by atoms with Gasteiger partial charge in [-0.25, -0.2) is 0 Å². The minimum absolute atomic E-state index is 0.250. The Morgan fingerprint density at radius 2 is 2.00 bits per heavy atom. The van der Waals surface area contributed by atoms with Gasteiger partial charge >= 0.3 is 0 Å². The summed E-state index contributed by atoms with van der Waals surface area (Å²) in [6, 6.07) is 8.84. The third-order valence-electron chi connectivity index (χ3n) is 3.26. The van der Waals surface area contributed by atoms with Crippen LogP contribution in [0.1, 0.15) is 18.0 Å². The van der Waals surface area contributed by atoms with Gasteiger partial charge in [-0.2, -0.15) is 0 Å². The van der Waals surface area contributed by atoms with Crippen molar-refractivity contribution in [1.29, 1.82) is 0 Å². The molecule has 0 radical (unpaired) electrons. The van der Waals surface area contributed by atoms with E-state index in [2.05, 4.69) is 57.1 Å². The van der Waals surface area contributed by atoms with Crippen LogP contribution in [0.2, 0.25) is 0 Å². The molecule has 2 rings (SSSR count). The van der Waals surface area contributed by atoms with Gasteiger partial charge in [-0.15, -0.1) is 0 Å². The van der Waals surface area contributed by atoms with E-state index in [-0.39, 0.29) is 6.61 Å². The first-order valence-electron chi connectivity index (χ1n) is 6.13. The molecule has 4 heteroatoms. The van der Waals surface area contributed by atoms with Crippen molar-refractivity contribution in [3.63, 3.8) is 0 Å². The summed E-state index contributed by atoms with van der Waals surface area (Å²) >= 11 is 2.39. The number of nitrogens with zero attached hydrogens (tertiary/aromatic N) is 1. The Balaban J connectivity index is 2.18. The predicted molar refractivity (Wildman–Crippen MR) is 78.0 cm³/mol. The molecule has 94 valence electrons. The summed E-state index contributed by atoms with van der Waals surface area (Å²) in [5.41, 5.74) is 1.35. The lowest BCUT2D eigenvalue weighted by Gasteiger charge is -2.35. The molecule has 0 bridgehead atoms. The Morgan fingerprint density at radius 1 is 1.29 bits per heavy atom. The maximum atomic E-state index is 9.27. The van der Waals surface area contributed by atoms with E-state index >= 15 is 0 Å². The molecule has 17 heavy (non-hydrogen) atoms. The molecule has 0 aliphatic carbocycles. The summed E-state index contributed by atoms with van der Waals surface area (Å²) in [7, 11) is 0. The van der Waals surface area contributed by atoms with Gasteiger partial charge in [0.2, 0.25) is 0 Å². The van der Waals surface area contributed by atoms with E-state index in [1.165, 1.54) is 9.13 Å². The molecule has 0 amide bonds. The second-order valence-corrected chi connectivity index (χ2v) is 5.50. The largest absolute Gasteiger partial charge is 0.396 e. The van der Waals surface area contributed by atoms with E-state index < -0.39 is 0 Å². The second kappa shape index (κ2) is 6.68. The van der Waals surface area contributed by atoms with E-state index in [0.717, 1.165) is 32.6 Å². The molecule has 1 saturated heterocycles. The number of rotatable bonds is 4. The molecule has 0 unspecified atom stereocenters. The summed E-state index contributed by atoms with van der Waals surface area (Å²) in [5, 5.41) is 12.6. The fourth-order valence-corrected chi connectivity index (χ4v) is 3.14. The lowest BCUT2D eigenvalue weighted by molar-refractivity contribution is 0.140. The van der Waals surface area contributed by atoms with Crippen molar-refractivity contribution in [3.8, 4) is 0 Å². The van der Waals surface area contributed by atoms with Gasteiger partial charge in [-0.1, -0.05) is 18.2 Å². The van der Waals surface area contributed by atoms with Crippen LogP contribution in [0, 0.1) is 3.57 Å². The smallest absolute Gasteiger partial charge is 0.0449 e. The molecule has 0 aromatic heterocycles. The average molecular weight is 346 g/mol. The first-order chi connectivity index (χ1) is 8.33. The monoisotopic (exact) mass is 346 g/mol. The van der Waals surface area contributed by atoms with E-state index in [4.69, 9.17) is 0 Å². The molecule has 1 aliphatic heterocycles. The Bertz CT molecular complexity index is 353. The first kappa shape index (κ1) is 13.3. The highest BCUT2D eigenvalue weighted by molar-refractivity contribution is 14.1. The fourth-order valence-electron chi connectivity index (χ4n) is 2.40. The number of halogens is 1. The van der Waals surface area contributed by atoms with E-state index in [1.807, 2.05) is 0 Å². The zero-order valence-electron chi connectivity index (χ0n) is 9.90. The average Bonchev–Trinajstić information content (AvgIpc) is 2.38. The predicted octanol–water partition coefficient (Wildman–Crippen LogP) is 1.62. The molecule has 0 saturated carbocycles. The molecular weight excluding hydrogens is 327 g/mol. The maximum absolute atomic E-state index is 9.27. The summed E-state index contributed by atoms with van der Waals surface area (Å²) < 4.78 is 1.29. The van der Waals surface area contributed by atoms with Crippen LogP contribution in [-0.4, -0.2) is 42.8 Å². The zero-order valence-corrected chi connectivity index (χ0v) is 12.1. The summed E-state index contributed by atoms with van der Waals surface area (Å²) in [4.78, 5) is 2.48. The lowest BCUT2D eigenvalue weighted by atomic mass is 10.0. The molecule has 1 aromatic rings. The molecule has 1 atom stereocenters. The Morgan fingerprint density at radius 3 is 2.65 bits per heavy atom. The van der Waals surface area contributed by atoms with E-state index in [1.54, 1.807) is 0 Å². The number of hydrogen-bond acceptors (Lipinski definition) is 3. The van der Waals surface area contributed by atoms with Crippen molar-refractivity contribution in [3.05, 3.63) is 33.4 Å². The fraction of sp³-hybridized carbons (Fsp3) is 0.538. The Kier molecular flexibility index (Phi) is 5.21. The molecule has 1 heterocycles. The van der Waals surface area contributed by atoms with Gasteiger partial charge in [0.1, 0.15) is 0 Å². The molecule has 1 aliphatic rings. The molecular formula is C13H19IN2O. The first-order valence-corrected chi connectivity index (χ1v) is 7.21. The van der Waals surface area contributed by atoms with Crippen LogP contribution in [0.15, 0.2) is 24.3 Å². The minimum Gasteiger partial charge on any atom is -0.396 e. The second-order valence-electron chi connectivity index (χ2n) is 4.34. The van der Waals surface area contributed by atoms with Crippen molar-refractivity contribution in [2.24, 2.45) is 0 Å². The Labute approximate surface area is 116 Å². The van der Waals surface area contributed by atoms with Crippen LogP contribution in [0.4, 0.5) is 0 Å². The number of nitrogens with one attached hydrogen (secondary N) is 1. The quantitative estimate of drug-likeness (QED) is 0.814. The number of aliphatic hydroxyl groups excluding tert-OH is 1. The van der Waals surface area contributed by atoms with Crippen molar-refractivity contribution in [1.82, 2.24) is 10.2 Å². The van der Waals surface area contributed by atoms with Crippen molar-refractivity contribution >= 4 is 22.6 Å². The SMILES string of the molecule is OCC[C@H](c1ccccc1I)N1CCNCC1. The normalized spacial score (nSPS) is 19.2. The highest BCUT2D eigenvalue weighted by atomic mass is 127. The standard InChI is InChI=1S/C13H19IN2O/c14-12-4-2-1-3-11(12)13(5-10-17)16-8-6-15-7-9-16/h1-4,13,15,17H,5-10H2/t13-/m1/s1. The Hall–Kier alpha value is -0.170. The van der Waals surface area contributed by atoms with Gasteiger partial charge in [-0.05, 0) is 40.6 Å². The highest BCUT2D eigenvalue weighted by Gasteiger charge is 2.22. The van der Waals surface area contributed by atoms with Gasteiger partial charge < -0.3 is 10.4 Å². The van der Waals surface area contributed by atoms with Gasteiger partial charge in [-0.3, -0.25) is 4.90 Å². The van der Waals surface area contributed by atoms with Crippen molar-refractivity contribution in [2.45, 2.75) is 12.5 Å². The van der Waals surface area contributed by atoms with Gasteiger partial charge in [0.25, 0.3) is 0 Å². The van der Waals surface area contributed by atoms with Crippen LogP contribution in [0.3, 0.4) is 0 Å². The molecule has 3 nitrogen and oxygen atoms in total. The summed E-state index contributed by atoms with van der Waals surface area (Å²) in [5.74, 6) is 0. The molecule has 2 N–H and O–H groups in total. The lowest BCUT2D eigenvalue weighted by Crippen LogP contribution is -2.45. The molecule has 1 aromatic carbocycles. The zero-order chi connectivity index (χ0) is 12.1. The van der Waals surface area contributed by atoms with Crippen LogP contribution >= 0.6 is 22.6 Å². The van der Waals surface area contributed by atoms with Crippen molar-refractivity contribution in [2.75, 3.05) is 32.8 Å². The van der Waals surface area contributed by atoms with E-state index in [9.17, 15) is 5.11 Å². The van der Waals surface area contributed by atoms with Crippen molar-refractivity contribution < 1.29 is 5.11 Å². The number of piperazine rings is 1. The minimum atomic E-state index is 0.250. The van der Waals surface area contributed by atoms with Crippen LogP contribution < -0.4 is 5.32 Å². The van der Waals surface area contributed by atoms with Crippen LogP contribution in [0.25, 0.3) is 0 Å². The highest BCUT2D eigenvalue weighted by Crippen LogP contribution is 2.28. The number of benzene rings is 1. The van der Waals surface area contributed by atoms with E-state index in [0.29, 0.717) is 6.04 Å². The van der Waals surface area contributed by atoms with Gasteiger partial charge in [0.05, 0.1) is 0 Å². The maximum Gasteiger partial charge on any atom is 0.0449 e. The van der Waals surface area contributed by atoms with Gasteiger partial charge in [0.15, 0.2) is 0 Å². The molecule has 0 spiro atoms. The third-order valence-corrected chi connectivity index (χ3v) is 4.24. The number of hydrogen-bond donors (Lipinski definition) is 2. The van der Waals surface area contributed by atoms with Gasteiger partial charge in [0, 0.05) is 42.4 Å². The third kappa shape index (κ3) is 3.40.